The minimum Gasteiger partial charge on any atom is -0.480 e. The highest BCUT2D eigenvalue weighted by molar-refractivity contribution is 5.92. The third kappa shape index (κ3) is 7.94. The van der Waals surface area contributed by atoms with Gasteiger partial charge in [0.25, 0.3) is 0 Å². The number of nitrogens with two attached hydrogens (primary N) is 2. The second-order valence-corrected chi connectivity index (χ2v) is 6.04. The molecule has 0 saturated carbocycles. The number of aliphatic hydroxyl groups excluding tert-OH is 1. The van der Waals surface area contributed by atoms with Crippen molar-refractivity contribution in [1.29, 1.82) is 0 Å². The number of nitrogens with one attached hydrogen (secondary N) is 2. The van der Waals surface area contributed by atoms with Crippen molar-refractivity contribution in [1.82, 2.24) is 10.6 Å². The lowest BCUT2D eigenvalue weighted by Crippen LogP contribution is -2.58. The Kier molecular flexibility index (Phi) is 9.69. The highest BCUT2D eigenvalue weighted by Crippen LogP contribution is 2.10. The standard InChI is InChI=1S/C15H28N4O6/c1-4-7(2)12(19-13(22)11(17)8(3)20)14(23)18-9(15(24)25)5-6-10(16)21/h7-9,11-12,20H,4-6,17H2,1-3H3,(H2,16,21)(H,18,23)(H,19,22)(H,24,25). The summed E-state index contributed by atoms with van der Waals surface area (Å²) in [6.07, 6.45) is -0.945. The zero-order valence-corrected chi connectivity index (χ0v) is 14.7. The normalized spacial score (nSPS) is 16.8. The molecule has 5 unspecified atom stereocenters. The van der Waals surface area contributed by atoms with Crippen LogP contribution in [0.25, 0.3) is 0 Å². The molecule has 0 spiro atoms. The lowest BCUT2D eigenvalue weighted by Gasteiger charge is -2.27. The van der Waals surface area contributed by atoms with E-state index >= 15 is 0 Å². The quantitative estimate of drug-likeness (QED) is 0.247. The van der Waals surface area contributed by atoms with E-state index in [1.165, 1.54) is 6.92 Å². The predicted molar refractivity (Wildman–Crippen MR) is 89.0 cm³/mol. The molecule has 0 aliphatic heterocycles. The van der Waals surface area contributed by atoms with Crippen LogP contribution in [-0.2, 0) is 19.2 Å². The van der Waals surface area contributed by atoms with Crippen LogP contribution in [0.5, 0.6) is 0 Å². The third-order valence-electron chi connectivity index (χ3n) is 3.91. The second kappa shape index (κ2) is 10.6. The monoisotopic (exact) mass is 360 g/mol. The summed E-state index contributed by atoms with van der Waals surface area (Å²) in [7, 11) is 0. The summed E-state index contributed by atoms with van der Waals surface area (Å²) in [6, 6.07) is -3.56. The molecule has 0 aromatic heterocycles. The van der Waals surface area contributed by atoms with Crippen molar-refractivity contribution in [3.8, 4) is 0 Å². The van der Waals surface area contributed by atoms with E-state index in [1.807, 2.05) is 0 Å². The molecular formula is C15H28N4O6. The van der Waals surface area contributed by atoms with E-state index in [9.17, 15) is 24.3 Å². The van der Waals surface area contributed by atoms with Crippen molar-refractivity contribution in [2.24, 2.45) is 17.4 Å². The van der Waals surface area contributed by atoms with Gasteiger partial charge >= 0.3 is 5.97 Å². The molecule has 3 amide bonds. The Morgan fingerprint density at radius 3 is 2.04 bits per heavy atom. The SMILES string of the molecule is CCC(C)C(NC(=O)C(N)C(C)O)C(=O)NC(CCC(N)=O)C(=O)O. The first-order chi connectivity index (χ1) is 11.5. The Bertz CT molecular complexity index is 496. The van der Waals surface area contributed by atoms with E-state index < -0.39 is 47.9 Å². The molecule has 0 heterocycles. The van der Waals surface area contributed by atoms with Gasteiger partial charge in [-0.15, -0.1) is 0 Å². The van der Waals surface area contributed by atoms with Crippen LogP contribution in [0, 0.1) is 5.92 Å². The summed E-state index contributed by atoms with van der Waals surface area (Å²) in [5.74, 6) is -3.74. The van der Waals surface area contributed by atoms with Gasteiger partial charge in [-0.1, -0.05) is 20.3 Å². The highest BCUT2D eigenvalue weighted by atomic mass is 16.4. The van der Waals surface area contributed by atoms with Gasteiger partial charge in [0, 0.05) is 6.42 Å². The molecule has 25 heavy (non-hydrogen) atoms. The third-order valence-corrected chi connectivity index (χ3v) is 3.91. The summed E-state index contributed by atoms with van der Waals surface area (Å²) in [5.41, 5.74) is 10.5. The number of primary amides is 1. The van der Waals surface area contributed by atoms with Crippen molar-refractivity contribution in [2.75, 3.05) is 0 Å². The van der Waals surface area contributed by atoms with Gasteiger partial charge in [0.05, 0.1) is 6.10 Å². The van der Waals surface area contributed by atoms with Crippen molar-refractivity contribution in [3.05, 3.63) is 0 Å². The molecule has 0 aromatic carbocycles. The van der Waals surface area contributed by atoms with Gasteiger partial charge < -0.3 is 32.3 Å². The molecule has 5 atom stereocenters. The number of carbonyl (C=O) groups excluding carboxylic acids is 3. The van der Waals surface area contributed by atoms with Gasteiger partial charge in [-0.3, -0.25) is 14.4 Å². The van der Waals surface area contributed by atoms with Gasteiger partial charge in [-0.2, -0.15) is 0 Å². The van der Waals surface area contributed by atoms with Gasteiger partial charge in [0.15, 0.2) is 0 Å². The minimum absolute atomic E-state index is 0.162. The van der Waals surface area contributed by atoms with Crippen LogP contribution in [0.2, 0.25) is 0 Å². The fraction of sp³-hybridized carbons (Fsp3) is 0.733. The van der Waals surface area contributed by atoms with Crippen LogP contribution in [-0.4, -0.2) is 58.1 Å². The molecule has 0 rings (SSSR count). The zero-order chi connectivity index (χ0) is 19.7. The topological polar surface area (TPSA) is 185 Å². The Morgan fingerprint density at radius 2 is 1.64 bits per heavy atom. The first kappa shape index (κ1) is 22.8. The van der Waals surface area contributed by atoms with E-state index in [1.54, 1.807) is 13.8 Å². The Hall–Kier alpha value is -2.20. The number of amides is 3. The summed E-state index contributed by atoms with van der Waals surface area (Å²) in [4.78, 5) is 46.5. The van der Waals surface area contributed by atoms with Crippen molar-refractivity contribution < 1.29 is 29.4 Å². The van der Waals surface area contributed by atoms with Crippen molar-refractivity contribution >= 4 is 23.7 Å². The van der Waals surface area contributed by atoms with E-state index in [0.717, 1.165) is 0 Å². The first-order valence-corrected chi connectivity index (χ1v) is 8.06. The fourth-order valence-corrected chi connectivity index (χ4v) is 1.98. The average molecular weight is 360 g/mol. The van der Waals surface area contributed by atoms with Gasteiger partial charge in [-0.05, 0) is 19.3 Å². The summed E-state index contributed by atoms with van der Waals surface area (Å²) < 4.78 is 0. The van der Waals surface area contributed by atoms with Crippen LogP contribution in [0.4, 0.5) is 0 Å². The molecule has 0 aliphatic rings. The molecule has 144 valence electrons. The fourth-order valence-electron chi connectivity index (χ4n) is 1.98. The van der Waals surface area contributed by atoms with Gasteiger partial charge in [0.2, 0.25) is 17.7 Å². The van der Waals surface area contributed by atoms with Crippen molar-refractivity contribution in [3.63, 3.8) is 0 Å². The number of aliphatic carboxylic acids is 1. The van der Waals surface area contributed by atoms with E-state index in [-0.39, 0.29) is 18.8 Å². The second-order valence-electron chi connectivity index (χ2n) is 6.04. The van der Waals surface area contributed by atoms with Crippen LogP contribution in [0.15, 0.2) is 0 Å². The molecule has 0 aromatic rings. The maximum Gasteiger partial charge on any atom is 0.326 e. The Morgan fingerprint density at radius 1 is 1.08 bits per heavy atom. The Labute approximate surface area is 146 Å². The Balaban J connectivity index is 5.12. The maximum atomic E-state index is 12.4. The molecule has 8 N–H and O–H groups in total. The molecule has 10 nitrogen and oxygen atoms in total. The summed E-state index contributed by atoms with van der Waals surface area (Å²) >= 11 is 0. The van der Waals surface area contributed by atoms with Gasteiger partial charge in [-0.25, -0.2) is 4.79 Å². The highest BCUT2D eigenvalue weighted by Gasteiger charge is 2.31. The number of carboxylic acid groups (broad SMARTS) is 1. The van der Waals surface area contributed by atoms with Crippen LogP contribution in [0.3, 0.4) is 0 Å². The predicted octanol–water partition coefficient (Wildman–Crippen LogP) is -1.94. The van der Waals surface area contributed by atoms with Crippen LogP contribution >= 0.6 is 0 Å². The minimum atomic E-state index is -1.32. The molecule has 0 saturated heterocycles. The van der Waals surface area contributed by atoms with Crippen LogP contribution in [0.1, 0.15) is 40.0 Å². The lowest BCUT2D eigenvalue weighted by molar-refractivity contribution is -0.143. The lowest BCUT2D eigenvalue weighted by atomic mass is 9.97. The number of rotatable bonds is 11. The van der Waals surface area contributed by atoms with E-state index in [2.05, 4.69) is 10.6 Å². The zero-order valence-electron chi connectivity index (χ0n) is 14.7. The van der Waals surface area contributed by atoms with Crippen molar-refractivity contribution in [2.45, 2.75) is 64.3 Å². The number of aliphatic hydroxyl groups is 1. The average Bonchev–Trinajstić information content (AvgIpc) is 2.53. The van der Waals surface area contributed by atoms with Gasteiger partial charge in [0.1, 0.15) is 18.1 Å². The molecule has 0 bridgehead atoms. The largest absolute Gasteiger partial charge is 0.480 e. The molecular weight excluding hydrogens is 332 g/mol. The summed E-state index contributed by atoms with van der Waals surface area (Å²) in [5, 5.41) is 23.3. The maximum absolute atomic E-state index is 12.4. The van der Waals surface area contributed by atoms with E-state index in [0.29, 0.717) is 6.42 Å². The number of hydrogen-bond donors (Lipinski definition) is 6. The molecule has 0 aliphatic carbocycles. The first-order valence-electron chi connectivity index (χ1n) is 8.06. The van der Waals surface area contributed by atoms with E-state index in [4.69, 9.17) is 16.6 Å². The number of hydrogen-bond acceptors (Lipinski definition) is 6. The summed E-state index contributed by atoms with van der Waals surface area (Å²) in [6.45, 7) is 4.85. The number of carboxylic acids is 1. The number of carbonyl (C=O) groups is 4. The molecule has 0 radical (unpaired) electrons. The molecule has 0 fully saturated rings. The smallest absolute Gasteiger partial charge is 0.326 e. The van der Waals surface area contributed by atoms with Crippen LogP contribution < -0.4 is 22.1 Å². The molecule has 10 heteroatoms.